The summed E-state index contributed by atoms with van der Waals surface area (Å²) in [6, 6.07) is 4.23. The summed E-state index contributed by atoms with van der Waals surface area (Å²) in [5.41, 5.74) is 1.46. The Hall–Kier alpha value is -2.08. The van der Waals surface area contributed by atoms with Crippen LogP contribution in [0.25, 0.3) is 0 Å². The van der Waals surface area contributed by atoms with Crippen LogP contribution in [0, 0.1) is 24.0 Å². The van der Waals surface area contributed by atoms with Crippen molar-refractivity contribution in [2.75, 3.05) is 0 Å². The van der Waals surface area contributed by atoms with E-state index >= 15 is 0 Å². The molecule has 6 nitrogen and oxygen atoms in total. The molecular formula is C12H11ClN2O4. The van der Waals surface area contributed by atoms with E-state index in [1.54, 1.807) is 6.92 Å². The minimum atomic E-state index is -0.541. The zero-order valence-corrected chi connectivity index (χ0v) is 11.1. The van der Waals surface area contributed by atoms with Crippen molar-refractivity contribution in [3.05, 3.63) is 50.4 Å². The summed E-state index contributed by atoms with van der Waals surface area (Å²) in [5, 5.41) is 14.5. The Morgan fingerprint density at radius 3 is 2.74 bits per heavy atom. The van der Waals surface area contributed by atoms with Gasteiger partial charge in [0.25, 0.3) is 5.69 Å². The van der Waals surface area contributed by atoms with Crippen LogP contribution in [0.3, 0.4) is 0 Å². The van der Waals surface area contributed by atoms with Crippen molar-refractivity contribution in [2.45, 2.75) is 20.5 Å². The Balaban J connectivity index is 2.13. The van der Waals surface area contributed by atoms with E-state index in [-0.39, 0.29) is 17.3 Å². The number of halogens is 1. The van der Waals surface area contributed by atoms with E-state index in [1.807, 2.05) is 6.92 Å². The highest BCUT2D eigenvalue weighted by Gasteiger charge is 2.14. The van der Waals surface area contributed by atoms with E-state index in [0.29, 0.717) is 11.5 Å². The number of nitro groups is 1. The molecule has 0 aliphatic heterocycles. The first kappa shape index (κ1) is 13.4. The molecule has 0 amide bonds. The predicted octanol–water partition coefficient (Wildman–Crippen LogP) is 3.43. The summed E-state index contributed by atoms with van der Waals surface area (Å²) in [6.45, 7) is 3.88. The van der Waals surface area contributed by atoms with Gasteiger partial charge in [-0.25, -0.2) is 0 Å². The SMILES string of the molecule is Cc1noc(C)c1COc1ccc([N+](=O)[O-])c(Cl)c1. The molecule has 0 unspecified atom stereocenters. The van der Waals surface area contributed by atoms with Gasteiger partial charge in [-0.05, 0) is 19.9 Å². The largest absolute Gasteiger partial charge is 0.489 e. The first-order chi connectivity index (χ1) is 8.99. The molecule has 0 N–H and O–H groups in total. The second-order valence-electron chi connectivity index (χ2n) is 3.96. The smallest absolute Gasteiger partial charge is 0.288 e. The Kier molecular flexibility index (Phi) is 3.71. The van der Waals surface area contributed by atoms with Crippen molar-refractivity contribution >= 4 is 17.3 Å². The van der Waals surface area contributed by atoms with E-state index in [1.165, 1.54) is 18.2 Å². The van der Waals surface area contributed by atoms with Gasteiger partial charge in [0, 0.05) is 12.1 Å². The summed E-state index contributed by atoms with van der Waals surface area (Å²) in [5.74, 6) is 1.14. The summed E-state index contributed by atoms with van der Waals surface area (Å²) in [4.78, 5) is 10.1. The second kappa shape index (κ2) is 5.27. The van der Waals surface area contributed by atoms with Gasteiger partial charge in [0.05, 0.1) is 16.2 Å². The number of nitro benzene ring substituents is 1. The molecule has 0 spiro atoms. The van der Waals surface area contributed by atoms with Crippen molar-refractivity contribution in [2.24, 2.45) is 0 Å². The maximum atomic E-state index is 10.6. The van der Waals surface area contributed by atoms with Crippen molar-refractivity contribution in [3.8, 4) is 5.75 Å². The number of hydrogen-bond donors (Lipinski definition) is 0. The fraction of sp³-hybridized carbons (Fsp3) is 0.250. The molecule has 1 aromatic carbocycles. The van der Waals surface area contributed by atoms with Crippen LogP contribution >= 0.6 is 11.6 Å². The first-order valence-electron chi connectivity index (χ1n) is 5.47. The lowest BCUT2D eigenvalue weighted by molar-refractivity contribution is -0.384. The fourth-order valence-electron chi connectivity index (χ4n) is 1.59. The topological polar surface area (TPSA) is 78.4 Å². The molecule has 0 saturated heterocycles. The van der Waals surface area contributed by atoms with Gasteiger partial charge in [-0.3, -0.25) is 10.1 Å². The molecule has 0 aliphatic carbocycles. The molecule has 0 aliphatic rings. The third kappa shape index (κ3) is 2.85. The van der Waals surface area contributed by atoms with E-state index < -0.39 is 4.92 Å². The van der Waals surface area contributed by atoms with Crippen LogP contribution < -0.4 is 4.74 Å². The molecular weight excluding hydrogens is 272 g/mol. The third-order valence-corrected chi connectivity index (χ3v) is 2.98. The van der Waals surface area contributed by atoms with Crippen molar-refractivity contribution < 1.29 is 14.2 Å². The maximum Gasteiger partial charge on any atom is 0.288 e. The van der Waals surface area contributed by atoms with E-state index in [2.05, 4.69) is 5.16 Å². The van der Waals surface area contributed by atoms with Crippen LogP contribution in [-0.4, -0.2) is 10.1 Å². The average Bonchev–Trinajstić information content (AvgIpc) is 2.66. The number of aryl methyl sites for hydroxylation is 2. The van der Waals surface area contributed by atoms with Crippen LogP contribution in [0.5, 0.6) is 5.75 Å². The van der Waals surface area contributed by atoms with Crippen LogP contribution in [0.15, 0.2) is 22.7 Å². The standard InChI is InChI=1S/C12H11ClN2O4/c1-7-10(8(2)19-14-7)6-18-9-3-4-12(15(16)17)11(13)5-9/h3-5H,6H2,1-2H3. The van der Waals surface area contributed by atoms with Gasteiger partial charge in [-0.2, -0.15) is 0 Å². The fourth-order valence-corrected chi connectivity index (χ4v) is 1.83. The van der Waals surface area contributed by atoms with Crippen LogP contribution in [-0.2, 0) is 6.61 Å². The molecule has 0 atom stereocenters. The molecule has 0 saturated carbocycles. The Morgan fingerprint density at radius 1 is 1.47 bits per heavy atom. The zero-order valence-electron chi connectivity index (χ0n) is 10.3. The van der Waals surface area contributed by atoms with Crippen LogP contribution in [0.2, 0.25) is 5.02 Å². The molecule has 19 heavy (non-hydrogen) atoms. The molecule has 1 aromatic heterocycles. The minimum absolute atomic E-state index is 0.0428. The van der Waals surface area contributed by atoms with Crippen LogP contribution in [0.4, 0.5) is 5.69 Å². The summed E-state index contributed by atoms with van der Waals surface area (Å²) in [6.07, 6.45) is 0. The van der Waals surface area contributed by atoms with Gasteiger partial charge in [0.15, 0.2) is 0 Å². The number of hydrogen-bond acceptors (Lipinski definition) is 5. The monoisotopic (exact) mass is 282 g/mol. The molecule has 0 bridgehead atoms. The van der Waals surface area contributed by atoms with Gasteiger partial charge in [0.1, 0.15) is 23.1 Å². The Bertz CT molecular complexity index is 605. The highest BCUT2D eigenvalue weighted by molar-refractivity contribution is 6.32. The lowest BCUT2D eigenvalue weighted by Crippen LogP contribution is -1.98. The number of aromatic nitrogens is 1. The second-order valence-corrected chi connectivity index (χ2v) is 4.37. The Morgan fingerprint density at radius 2 is 2.21 bits per heavy atom. The van der Waals surface area contributed by atoms with Gasteiger partial charge >= 0.3 is 0 Å². The van der Waals surface area contributed by atoms with Crippen LogP contribution in [0.1, 0.15) is 17.0 Å². The predicted molar refractivity (Wildman–Crippen MR) is 68.4 cm³/mol. The van der Waals surface area contributed by atoms with Crippen molar-refractivity contribution in [3.63, 3.8) is 0 Å². The molecule has 100 valence electrons. The minimum Gasteiger partial charge on any atom is -0.489 e. The van der Waals surface area contributed by atoms with Gasteiger partial charge in [-0.15, -0.1) is 0 Å². The molecule has 0 radical (unpaired) electrons. The van der Waals surface area contributed by atoms with Gasteiger partial charge < -0.3 is 9.26 Å². The highest BCUT2D eigenvalue weighted by Crippen LogP contribution is 2.29. The number of nitrogens with zero attached hydrogens (tertiary/aromatic N) is 2. The number of rotatable bonds is 4. The molecule has 0 fully saturated rings. The molecule has 1 heterocycles. The van der Waals surface area contributed by atoms with E-state index in [4.69, 9.17) is 20.9 Å². The molecule has 2 aromatic rings. The Labute approximate surface area is 114 Å². The lowest BCUT2D eigenvalue weighted by atomic mass is 10.2. The van der Waals surface area contributed by atoms with Gasteiger partial charge in [-0.1, -0.05) is 16.8 Å². The van der Waals surface area contributed by atoms with E-state index in [9.17, 15) is 10.1 Å². The number of benzene rings is 1. The lowest BCUT2D eigenvalue weighted by Gasteiger charge is -2.06. The summed E-state index contributed by atoms with van der Waals surface area (Å²) in [7, 11) is 0. The third-order valence-electron chi connectivity index (χ3n) is 2.68. The maximum absolute atomic E-state index is 10.6. The van der Waals surface area contributed by atoms with Gasteiger partial charge in [0.2, 0.25) is 0 Å². The highest BCUT2D eigenvalue weighted by atomic mass is 35.5. The zero-order chi connectivity index (χ0) is 14.0. The van der Waals surface area contributed by atoms with Crippen molar-refractivity contribution in [1.82, 2.24) is 5.16 Å². The molecule has 2 rings (SSSR count). The van der Waals surface area contributed by atoms with E-state index in [0.717, 1.165) is 11.3 Å². The first-order valence-corrected chi connectivity index (χ1v) is 5.85. The number of ether oxygens (including phenoxy) is 1. The molecule has 7 heteroatoms. The quantitative estimate of drug-likeness (QED) is 0.634. The summed E-state index contributed by atoms with van der Waals surface area (Å²) < 4.78 is 10.5. The average molecular weight is 283 g/mol. The normalized spacial score (nSPS) is 10.5. The summed E-state index contributed by atoms with van der Waals surface area (Å²) >= 11 is 5.80. The van der Waals surface area contributed by atoms with Crippen molar-refractivity contribution in [1.29, 1.82) is 0 Å².